The molecule has 0 fully saturated rings. The quantitative estimate of drug-likeness (QED) is 0.744. The monoisotopic (exact) mass is 336 g/mol. The van der Waals surface area contributed by atoms with Crippen molar-refractivity contribution in [3.8, 4) is 0 Å². The molecule has 2 aromatic carbocycles. The molecule has 0 radical (unpaired) electrons. The standard InChI is InChI=1S/C19H17FN4O/c1-13-5-2-3-6-14(13)12-22-19-21-10-9-17(24-19)18(25)23-16-8-4-7-15(20)11-16/h2-11H,12H2,1H3,(H,23,25)(H,21,22,24). The van der Waals surface area contributed by atoms with Crippen molar-refractivity contribution < 1.29 is 9.18 Å². The van der Waals surface area contributed by atoms with Crippen molar-refractivity contribution in [1.29, 1.82) is 0 Å². The summed E-state index contributed by atoms with van der Waals surface area (Å²) in [6.07, 6.45) is 1.51. The highest BCUT2D eigenvalue weighted by Crippen LogP contribution is 2.12. The first-order valence-electron chi connectivity index (χ1n) is 7.80. The van der Waals surface area contributed by atoms with Crippen LogP contribution in [0.25, 0.3) is 0 Å². The van der Waals surface area contributed by atoms with Crippen LogP contribution in [0.1, 0.15) is 21.6 Å². The van der Waals surface area contributed by atoms with Crippen molar-refractivity contribution >= 4 is 17.5 Å². The number of carbonyl (C=O) groups excluding carboxylic acids is 1. The Kier molecular flexibility index (Phi) is 4.99. The largest absolute Gasteiger partial charge is 0.350 e. The maximum absolute atomic E-state index is 13.2. The first kappa shape index (κ1) is 16.6. The minimum Gasteiger partial charge on any atom is -0.350 e. The number of aryl methyl sites for hydroxylation is 1. The second kappa shape index (κ2) is 7.53. The van der Waals surface area contributed by atoms with Gasteiger partial charge in [0.2, 0.25) is 5.95 Å². The minimum atomic E-state index is -0.424. The van der Waals surface area contributed by atoms with Gasteiger partial charge in [-0.25, -0.2) is 14.4 Å². The van der Waals surface area contributed by atoms with Crippen LogP contribution in [0.4, 0.5) is 16.0 Å². The highest BCUT2D eigenvalue weighted by molar-refractivity contribution is 6.02. The number of hydrogen-bond acceptors (Lipinski definition) is 4. The molecule has 1 amide bonds. The molecule has 0 spiro atoms. The Morgan fingerprint density at radius 3 is 2.76 bits per heavy atom. The molecular formula is C19H17FN4O. The van der Waals surface area contributed by atoms with E-state index in [-0.39, 0.29) is 5.69 Å². The fourth-order valence-corrected chi connectivity index (χ4v) is 2.31. The van der Waals surface area contributed by atoms with E-state index in [4.69, 9.17) is 0 Å². The van der Waals surface area contributed by atoms with E-state index >= 15 is 0 Å². The van der Waals surface area contributed by atoms with E-state index in [0.717, 1.165) is 11.1 Å². The average molecular weight is 336 g/mol. The Balaban J connectivity index is 1.68. The zero-order valence-electron chi connectivity index (χ0n) is 13.7. The summed E-state index contributed by atoms with van der Waals surface area (Å²) >= 11 is 0. The van der Waals surface area contributed by atoms with E-state index in [1.807, 2.05) is 31.2 Å². The van der Waals surface area contributed by atoms with Crippen LogP contribution in [0, 0.1) is 12.7 Å². The molecule has 0 saturated heterocycles. The number of halogens is 1. The molecule has 0 aliphatic carbocycles. The van der Waals surface area contributed by atoms with Gasteiger partial charge in [0, 0.05) is 18.4 Å². The molecule has 0 saturated carbocycles. The molecule has 0 bridgehead atoms. The lowest BCUT2D eigenvalue weighted by atomic mass is 10.1. The summed E-state index contributed by atoms with van der Waals surface area (Å²) in [5.74, 6) is -0.483. The van der Waals surface area contributed by atoms with Crippen LogP contribution < -0.4 is 10.6 Å². The molecule has 5 nitrogen and oxygen atoms in total. The number of anilines is 2. The summed E-state index contributed by atoms with van der Waals surface area (Å²) in [4.78, 5) is 20.6. The molecule has 6 heteroatoms. The minimum absolute atomic E-state index is 0.201. The summed E-state index contributed by atoms with van der Waals surface area (Å²) in [6.45, 7) is 2.59. The molecular weight excluding hydrogens is 319 g/mol. The lowest BCUT2D eigenvalue weighted by Gasteiger charge is -2.09. The van der Waals surface area contributed by atoms with Crippen LogP contribution in [0.15, 0.2) is 60.8 Å². The van der Waals surface area contributed by atoms with E-state index in [0.29, 0.717) is 18.2 Å². The summed E-state index contributed by atoms with van der Waals surface area (Å²) in [7, 11) is 0. The number of rotatable bonds is 5. The van der Waals surface area contributed by atoms with Gasteiger partial charge >= 0.3 is 0 Å². The summed E-state index contributed by atoms with van der Waals surface area (Å²) in [5.41, 5.74) is 2.86. The zero-order chi connectivity index (χ0) is 17.6. The van der Waals surface area contributed by atoms with Crippen molar-refractivity contribution in [2.45, 2.75) is 13.5 Å². The number of hydrogen-bond donors (Lipinski definition) is 2. The highest BCUT2D eigenvalue weighted by Gasteiger charge is 2.10. The number of benzene rings is 2. The molecule has 3 aromatic rings. The maximum atomic E-state index is 13.2. The van der Waals surface area contributed by atoms with Gasteiger partial charge in [0.25, 0.3) is 5.91 Å². The van der Waals surface area contributed by atoms with Gasteiger partial charge in [0.05, 0.1) is 0 Å². The molecule has 1 aromatic heterocycles. The Morgan fingerprint density at radius 1 is 1.12 bits per heavy atom. The Morgan fingerprint density at radius 2 is 1.96 bits per heavy atom. The van der Waals surface area contributed by atoms with Gasteiger partial charge in [-0.05, 0) is 42.3 Å². The second-order valence-electron chi connectivity index (χ2n) is 5.51. The van der Waals surface area contributed by atoms with Crippen LogP contribution in [-0.4, -0.2) is 15.9 Å². The number of amides is 1. The molecule has 0 aliphatic rings. The van der Waals surface area contributed by atoms with Crippen LogP contribution >= 0.6 is 0 Å². The third-order valence-corrected chi connectivity index (χ3v) is 3.67. The SMILES string of the molecule is Cc1ccccc1CNc1nccc(C(=O)Nc2cccc(F)c2)n1. The summed E-state index contributed by atoms with van der Waals surface area (Å²) in [6, 6.07) is 15.2. The first-order chi connectivity index (χ1) is 12.1. The van der Waals surface area contributed by atoms with E-state index in [1.165, 1.54) is 30.5 Å². The van der Waals surface area contributed by atoms with Gasteiger partial charge < -0.3 is 10.6 Å². The molecule has 2 N–H and O–H groups in total. The van der Waals surface area contributed by atoms with E-state index in [1.54, 1.807) is 6.07 Å². The maximum Gasteiger partial charge on any atom is 0.274 e. The third kappa shape index (κ3) is 4.38. The second-order valence-corrected chi connectivity index (χ2v) is 5.51. The van der Waals surface area contributed by atoms with Crippen molar-refractivity contribution in [1.82, 2.24) is 9.97 Å². The first-order valence-corrected chi connectivity index (χ1v) is 7.80. The van der Waals surface area contributed by atoms with E-state index in [2.05, 4.69) is 20.6 Å². The van der Waals surface area contributed by atoms with Gasteiger partial charge in [-0.15, -0.1) is 0 Å². The average Bonchev–Trinajstić information content (AvgIpc) is 2.61. The Hall–Kier alpha value is -3.28. The van der Waals surface area contributed by atoms with Gasteiger partial charge in [-0.2, -0.15) is 0 Å². The number of nitrogens with one attached hydrogen (secondary N) is 2. The smallest absolute Gasteiger partial charge is 0.274 e. The fourth-order valence-electron chi connectivity index (χ4n) is 2.31. The number of carbonyl (C=O) groups is 1. The lowest BCUT2D eigenvalue weighted by Crippen LogP contribution is -2.15. The van der Waals surface area contributed by atoms with E-state index in [9.17, 15) is 9.18 Å². The Bertz CT molecular complexity index is 898. The molecule has 25 heavy (non-hydrogen) atoms. The number of aromatic nitrogens is 2. The molecule has 0 atom stereocenters. The molecule has 0 unspecified atom stereocenters. The van der Waals surface area contributed by atoms with Gasteiger partial charge in [0.1, 0.15) is 11.5 Å². The summed E-state index contributed by atoms with van der Waals surface area (Å²) < 4.78 is 13.2. The van der Waals surface area contributed by atoms with Gasteiger partial charge in [-0.3, -0.25) is 4.79 Å². The highest BCUT2D eigenvalue weighted by atomic mass is 19.1. The predicted octanol–water partition coefficient (Wildman–Crippen LogP) is 3.79. The van der Waals surface area contributed by atoms with Crippen LogP contribution in [0.2, 0.25) is 0 Å². The Labute approximate surface area is 145 Å². The van der Waals surface area contributed by atoms with Crippen LogP contribution in [-0.2, 0) is 6.54 Å². The van der Waals surface area contributed by atoms with Crippen molar-refractivity contribution in [2.75, 3.05) is 10.6 Å². The van der Waals surface area contributed by atoms with Crippen LogP contribution in [0.3, 0.4) is 0 Å². The topological polar surface area (TPSA) is 66.9 Å². The van der Waals surface area contributed by atoms with Crippen LogP contribution in [0.5, 0.6) is 0 Å². The summed E-state index contributed by atoms with van der Waals surface area (Å²) in [5, 5.41) is 5.72. The molecule has 1 heterocycles. The van der Waals surface area contributed by atoms with Crippen molar-refractivity contribution in [3.63, 3.8) is 0 Å². The number of nitrogens with zero attached hydrogens (tertiary/aromatic N) is 2. The zero-order valence-corrected chi connectivity index (χ0v) is 13.7. The molecule has 126 valence electrons. The van der Waals surface area contributed by atoms with Crippen molar-refractivity contribution in [3.05, 3.63) is 83.4 Å². The van der Waals surface area contributed by atoms with Gasteiger partial charge in [0.15, 0.2) is 0 Å². The lowest BCUT2D eigenvalue weighted by molar-refractivity contribution is 0.102. The van der Waals surface area contributed by atoms with Gasteiger partial charge in [-0.1, -0.05) is 30.3 Å². The normalized spacial score (nSPS) is 10.3. The third-order valence-electron chi connectivity index (χ3n) is 3.67. The molecule has 0 aliphatic heterocycles. The molecule has 3 rings (SSSR count). The fraction of sp³-hybridized carbons (Fsp3) is 0.105. The predicted molar refractivity (Wildman–Crippen MR) is 94.9 cm³/mol. The van der Waals surface area contributed by atoms with Crippen molar-refractivity contribution in [2.24, 2.45) is 0 Å². The van der Waals surface area contributed by atoms with E-state index < -0.39 is 11.7 Å².